The van der Waals surface area contributed by atoms with Gasteiger partial charge in [0.2, 0.25) is 0 Å². The van der Waals surface area contributed by atoms with Gasteiger partial charge in [-0.2, -0.15) is 0 Å². The van der Waals surface area contributed by atoms with Crippen LogP contribution < -0.4 is 21.9 Å². The van der Waals surface area contributed by atoms with Gasteiger partial charge in [0.1, 0.15) is 17.5 Å². The van der Waals surface area contributed by atoms with Gasteiger partial charge in [-0.1, -0.05) is 19.4 Å². The van der Waals surface area contributed by atoms with Crippen LogP contribution in [-0.2, 0) is 11.3 Å². The van der Waals surface area contributed by atoms with Crippen LogP contribution in [0.25, 0.3) is 6.08 Å². The maximum Gasteiger partial charge on any atom is 0.330 e. The Bertz CT molecular complexity index is 975. The topological polar surface area (TPSA) is 101 Å². The van der Waals surface area contributed by atoms with Gasteiger partial charge in [0, 0.05) is 25.2 Å². The van der Waals surface area contributed by atoms with E-state index in [-0.39, 0.29) is 23.6 Å². The third kappa shape index (κ3) is 4.30. The van der Waals surface area contributed by atoms with E-state index < -0.39 is 28.8 Å². The quantitative estimate of drug-likeness (QED) is 0.750. The minimum atomic E-state index is -0.827. The fourth-order valence-electron chi connectivity index (χ4n) is 2.49. The zero-order valence-corrected chi connectivity index (χ0v) is 15.0. The molecule has 0 radical (unpaired) electrons. The molecule has 27 heavy (non-hydrogen) atoms. The molecule has 0 spiro atoms. The van der Waals surface area contributed by atoms with Gasteiger partial charge in [0.25, 0.3) is 11.5 Å². The highest BCUT2D eigenvalue weighted by Gasteiger charge is 2.19. The van der Waals surface area contributed by atoms with E-state index in [1.165, 1.54) is 17.7 Å². The number of hydrogen-bond donors (Lipinski definition) is 2. The molecule has 1 aromatic carbocycles. The average molecular weight is 378 g/mol. The number of nitrogen functional groups attached to an aromatic ring is 1. The summed E-state index contributed by atoms with van der Waals surface area (Å²) in [6.07, 6.45) is 3.34. The molecule has 1 aromatic heterocycles. The lowest BCUT2D eigenvalue weighted by atomic mass is 10.2. The SMILES string of the molecule is CCCCn1c(N)c(N(C)C(=O)C=Cc2c(F)cccc2F)c(=O)[nH]c1=O. The minimum Gasteiger partial charge on any atom is -0.383 e. The van der Waals surface area contributed by atoms with E-state index in [0.717, 1.165) is 35.6 Å². The normalized spacial score (nSPS) is 11.1. The molecule has 2 rings (SSSR count). The molecule has 0 aliphatic carbocycles. The molecule has 0 fully saturated rings. The Labute approximate surface area is 153 Å². The highest BCUT2D eigenvalue weighted by molar-refractivity contribution is 6.04. The van der Waals surface area contributed by atoms with E-state index in [0.29, 0.717) is 6.42 Å². The molecule has 9 heteroatoms. The van der Waals surface area contributed by atoms with Gasteiger partial charge in [-0.3, -0.25) is 19.1 Å². The fraction of sp³-hybridized carbons (Fsp3) is 0.278. The third-order valence-corrected chi connectivity index (χ3v) is 4.01. The van der Waals surface area contributed by atoms with E-state index in [4.69, 9.17) is 5.73 Å². The van der Waals surface area contributed by atoms with Crippen molar-refractivity contribution in [2.45, 2.75) is 26.3 Å². The van der Waals surface area contributed by atoms with Crippen LogP contribution in [0.1, 0.15) is 25.3 Å². The molecule has 3 N–H and O–H groups in total. The fourth-order valence-corrected chi connectivity index (χ4v) is 2.49. The Morgan fingerprint density at radius 1 is 1.30 bits per heavy atom. The molecule has 0 aliphatic rings. The van der Waals surface area contributed by atoms with Crippen LogP contribution >= 0.6 is 0 Å². The Morgan fingerprint density at radius 3 is 2.52 bits per heavy atom. The molecule has 7 nitrogen and oxygen atoms in total. The molecule has 0 bridgehead atoms. The van der Waals surface area contributed by atoms with Crippen molar-refractivity contribution >= 4 is 23.5 Å². The number of benzene rings is 1. The summed E-state index contributed by atoms with van der Waals surface area (Å²) in [5, 5.41) is 0. The number of hydrogen-bond acceptors (Lipinski definition) is 4. The van der Waals surface area contributed by atoms with Gasteiger partial charge in [-0.05, 0) is 24.6 Å². The molecule has 2 aromatic rings. The van der Waals surface area contributed by atoms with Crippen LogP contribution in [-0.4, -0.2) is 22.5 Å². The largest absolute Gasteiger partial charge is 0.383 e. The third-order valence-electron chi connectivity index (χ3n) is 4.01. The number of nitrogens with one attached hydrogen (secondary N) is 1. The van der Waals surface area contributed by atoms with Crippen molar-refractivity contribution in [1.29, 1.82) is 0 Å². The van der Waals surface area contributed by atoms with E-state index in [2.05, 4.69) is 4.98 Å². The number of rotatable bonds is 6. The second-order valence-electron chi connectivity index (χ2n) is 5.86. The number of nitrogens with zero attached hydrogens (tertiary/aromatic N) is 2. The number of anilines is 2. The lowest BCUT2D eigenvalue weighted by Gasteiger charge is -2.19. The number of carbonyl (C=O) groups is 1. The average Bonchev–Trinajstić information content (AvgIpc) is 2.60. The van der Waals surface area contributed by atoms with Crippen molar-refractivity contribution < 1.29 is 13.6 Å². The number of likely N-dealkylation sites (N-methyl/N-ethyl adjacent to an activating group) is 1. The predicted octanol–water partition coefficient (Wildman–Crippen LogP) is 1.87. The molecule has 144 valence electrons. The van der Waals surface area contributed by atoms with Gasteiger partial charge >= 0.3 is 5.69 Å². The lowest BCUT2D eigenvalue weighted by molar-refractivity contribution is -0.113. The zero-order valence-electron chi connectivity index (χ0n) is 15.0. The molecule has 0 saturated carbocycles. The van der Waals surface area contributed by atoms with Crippen LogP contribution in [0.3, 0.4) is 0 Å². The van der Waals surface area contributed by atoms with E-state index in [1.54, 1.807) is 0 Å². The Morgan fingerprint density at radius 2 is 1.93 bits per heavy atom. The Hall–Kier alpha value is -3.23. The van der Waals surface area contributed by atoms with Crippen LogP contribution in [0, 0.1) is 11.6 Å². The first-order chi connectivity index (χ1) is 12.8. The summed E-state index contributed by atoms with van der Waals surface area (Å²) in [6.45, 7) is 2.21. The van der Waals surface area contributed by atoms with E-state index in [9.17, 15) is 23.2 Å². The van der Waals surface area contributed by atoms with Crippen molar-refractivity contribution in [2.24, 2.45) is 0 Å². The number of aromatic nitrogens is 2. The monoisotopic (exact) mass is 378 g/mol. The standard InChI is InChI=1S/C18H20F2N4O3/c1-3-4-10-24-16(21)15(17(26)22-18(24)27)23(2)14(25)9-8-11-12(19)6-5-7-13(11)20/h5-9H,3-4,10,21H2,1-2H3,(H,22,26,27). The maximum atomic E-state index is 13.6. The smallest absolute Gasteiger partial charge is 0.330 e. The van der Waals surface area contributed by atoms with Gasteiger partial charge in [0.05, 0.1) is 0 Å². The summed E-state index contributed by atoms with van der Waals surface area (Å²) < 4.78 is 28.5. The predicted molar refractivity (Wildman–Crippen MR) is 99.4 cm³/mol. The first-order valence-corrected chi connectivity index (χ1v) is 8.30. The van der Waals surface area contributed by atoms with E-state index in [1.807, 2.05) is 6.92 Å². The Kier molecular flexibility index (Phi) is 6.27. The maximum absolute atomic E-state index is 13.6. The van der Waals surface area contributed by atoms with Gasteiger partial charge in [0.15, 0.2) is 5.69 Å². The number of nitrogens with two attached hydrogens (primary N) is 1. The first kappa shape index (κ1) is 20.1. The van der Waals surface area contributed by atoms with Gasteiger partial charge in [-0.15, -0.1) is 0 Å². The second kappa shape index (κ2) is 8.43. The molecule has 1 amide bonds. The number of carbonyl (C=O) groups excluding carboxylic acids is 1. The van der Waals surface area contributed by atoms with Crippen molar-refractivity contribution in [3.8, 4) is 0 Å². The number of amides is 1. The summed E-state index contributed by atoms with van der Waals surface area (Å²) in [4.78, 5) is 39.4. The zero-order chi connectivity index (χ0) is 20.1. The summed E-state index contributed by atoms with van der Waals surface area (Å²) in [5.41, 5.74) is 3.84. The van der Waals surface area contributed by atoms with Crippen molar-refractivity contribution in [2.75, 3.05) is 17.7 Å². The molecule has 0 saturated heterocycles. The highest BCUT2D eigenvalue weighted by Crippen LogP contribution is 2.17. The van der Waals surface area contributed by atoms with Crippen molar-refractivity contribution in [3.63, 3.8) is 0 Å². The molecular weight excluding hydrogens is 358 g/mol. The summed E-state index contributed by atoms with van der Waals surface area (Å²) in [5.74, 6) is -2.55. The van der Waals surface area contributed by atoms with Crippen molar-refractivity contribution in [3.05, 3.63) is 62.3 Å². The number of H-pyrrole nitrogens is 1. The molecular formula is C18H20F2N4O3. The van der Waals surface area contributed by atoms with Gasteiger partial charge in [-0.25, -0.2) is 13.6 Å². The van der Waals surface area contributed by atoms with Crippen LogP contribution in [0.4, 0.5) is 20.3 Å². The highest BCUT2D eigenvalue weighted by atomic mass is 19.1. The van der Waals surface area contributed by atoms with Crippen molar-refractivity contribution in [1.82, 2.24) is 9.55 Å². The lowest BCUT2D eigenvalue weighted by Crippen LogP contribution is -2.38. The second-order valence-corrected chi connectivity index (χ2v) is 5.86. The first-order valence-electron chi connectivity index (χ1n) is 8.30. The minimum absolute atomic E-state index is 0.154. The number of unbranched alkanes of at least 4 members (excludes halogenated alkanes) is 1. The summed E-state index contributed by atoms with van der Waals surface area (Å²) in [7, 11) is 1.28. The molecule has 1 heterocycles. The summed E-state index contributed by atoms with van der Waals surface area (Å²) in [6, 6.07) is 3.32. The number of aromatic amines is 1. The molecule has 0 aliphatic heterocycles. The van der Waals surface area contributed by atoms with Gasteiger partial charge < -0.3 is 10.6 Å². The number of halogens is 2. The van der Waals surface area contributed by atoms with E-state index >= 15 is 0 Å². The van der Waals surface area contributed by atoms with Crippen LogP contribution in [0.2, 0.25) is 0 Å². The molecule has 0 unspecified atom stereocenters. The Balaban J connectivity index is 2.38. The summed E-state index contributed by atoms with van der Waals surface area (Å²) >= 11 is 0. The van der Waals surface area contributed by atoms with Crippen LogP contribution in [0.5, 0.6) is 0 Å². The van der Waals surface area contributed by atoms with Crippen LogP contribution in [0.15, 0.2) is 33.9 Å². The molecule has 0 atom stereocenters.